The third kappa shape index (κ3) is 7.89. The van der Waals surface area contributed by atoms with Gasteiger partial charge in [-0.15, -0.1) is 11.3 Å². The number of nitrogens with zero attached hydrogens (tertiary/aromatic N) is 1. The number of carbonyl (C=O) groups is 1. The van der Waals surface area contributed by atoms with Crippen molar-refractivity contribution in [1.82, 2.24) is 4.90 Å². The van der Waals surface area contributed by atoms with E-state index in [0.29, 0.717) is 19.6 Å². The number of hydrogen-bond acceptors (Lipinski definition) is 6. The molecule has 126 valence electrons. The number of rotatable bonds is 11. The third-order valence-corrected chi connectivity index (χ3v) is 4.13. The molecule has 0 saturated heterocycles. The van der Waals surface area contributed by atoms with Gasteiger partial charge in [0.15, 0.2) is 0 Å². The first-order chi connectivity index (χ1) is 10.5. The molecule has 1 rings (SSSR count). The summed E-state index contributed by atoms with van der Waals surface area (Å²) in [5.41, 5.74) is 0. The highest BCUT2D eigenvalue weighted by Crippen LogP contribution is 2.17. The summed E-state index contributed by atoms with van der Waals surface area (Å²) in [6.45, 7) is 6.61. The van der Waals surface area contributed by atoms with Crippen LogP contribution in [0.5, 0.6) is 0 Å². The Morgan fingerprint density at radius 2 is 2.23 bits per heavy atom. The van der Waals surface area contributed by atoms with Gasteiger partial charge in [-0.25, -0.2) is 0 Å². The van der Waals surface area contributed by atoms with Crippen LogP contribution in [0.2, 0.25) is 0 Å². The summed E-state index contributed by atoms with van der Waals surface area (Å²) in [6, 6.07) is 4.20. The Hall–Kier alpha value is -0.950. The summed E-state index contributed by atoms with van der Waals surface area (Å²) < 4.78 is 10.2. The van der Waals surface area contributed by atoms with Crippen LogP contribution in [0.1, 0.15) is 29.5 Å². The molecule has 0 aliphatic rings. The number of ether oxygens (including phenoxy) is 2. The molecule has 0 spiro atoms. The molecule has 0 bridgehead atoms. The van der Waals surface area contributed by atoms with E-state index >= 15 is 0 Å². The third-order valence-electron chi connectivity index (χ3n) is 3.15. The Morgan fingerprint density at radius 1 is 1.45 bits per heavy atom. The number of hydrogen-bond donors (Lipinski definition) is 1. The van der Waals surface area contributed by atoms with Crippen LogP contribution in [0.3, 0.4) is 0 Å². The van der Waals surface area contributed by atoms with E-state index in [9.17, 15) is 9.90 Å². The van der Waals surface area contributed by atoms with Gasteiger partial charge in [0.25, 0.3) is 0 Å². The van der Waals surface area contributed by atoms with E-state index in [1.54, 1.807) is 18.4 Å². The number of aliphatic hydroxyl groups is 1. The Labute approximate surface area is 136 Å². The number of aryl methyl sites for hydroxylation is 1. The number of methoxy groups -OCH3 is 1. The maximum absolute atomic E-state index is 11.3. The zero-order valence-electron chi connectivity index (χ0n) is 13.7. The molecule has 1 unspecified atom stereocenters. The molecule has 0 aliphatic carbocycles. The second-order valence-corrected chi connectivity index (χ2v) is 6.70. The zero-order valence-corrected chi connectivity index (χ0v) is 14.5. The molecule has 0 fully saturated rings. The largest absolute Gasteiger partial charge is 0.463 e. The molecule has 6 heteroatoms. The predicted octanol–water partition coefficient (Wildman–Crippen LogP) is 2.21. The Morgan fingerprint density at radius 3 is 2.82 bits per heavy atom. The number of thiophene rings is 1. The van der Waals surface area contributed by atoms with Crippen LogP contribution in [-0.2, 0) is 20.8 Å². The molecule has 1 aromatic heterocycles. The quantitative estimate of drug-likeness (QED) is 0.631. The second-order valence-electron chi connectivity index (χ2n) is 5.33. The lowest BCUT2D eigenvalue weighted by Gasteiger charge is -2.24. The van der Waals surface area contributed by atoms with E-state index in [4.69, 9.17) is 9.47 Å². The van der Waals surface area contributed by atoms with Crippen molar-refractivity contribution in [3.05, 3.63) is 21.9 Å². The van der Waals surface area contributed by atoms with Gasteiger partial charge < -0.3 is 14.6 Å². The van der Waals surface area contributed by atoms with Gasteiger partial charge in [-0.05, 0) is 25.5 Å². The van der Waals surface area contributed by atoms with Gasteiger partial charge in [0.1, 0.15) is 12.7 Å². The summed E-state index contributed by atoms with van der Waals surface area (Å²) in [5, 5.41) is 10.1. The fraction of sp³-hybridized carbons (Fsp3) is 0.688. The van der Waals surface area contributed by atoms with Crippen LogP contribution in [0, 0.1) is 6.92 Å². The molecular weight excluding hydrogens is 302 g/mol. The second kappa shape index (κ2) is 10.7. The molecule has 1 N–H and O–H groups in total. The molecule has 1 atom stereocenters. The SMILES string of the molecule is CCCC(=O)OCC(O)CN(CCOC)Cc1ccc(C)s1. The molecule has 0 saturated carbocycles. The van der Waals surface area contributed by atoms with E-state index in [0.717, 1.165) is 19.5 Å². The molecule has 0 aliphatic heterocycles. The monoisotopic (exact) mass is 329 g/mol. The first-order valence-corrected chi connectivity index (χ1v) is 8.47. The van der Waals surface area contributed by atoms with Crippen LogP contribution >= 0.6 is 11.3 Å². The first kappa shape index (κ1) is 19.1. The molecule has 22 heavy (non-hydrogen) atoms. The van der Waals surface area contributed by atoms with E-state index < -0.39 is 6.10 Å². The average Bonchev–Trinajstić information content (AvgIpc) is 2.88. The van der Waals surface area contributed by atoms with Crippen molar-refractivity contribution in [1.29, 1.82) is 0 Å². The summed E-state index contributed by atoms with van der Waals surface area (Å²) in [7, 11) is 1.66. The Balaban J connectivity index is 2.43. The first-order valence-electron chi connectivity index (χ1n) is 7.65. The van der Waals surface area contributed by atoms with Crippen LogP contribution < -0.4 is 0 Å². The normalized spacial score (nSPS) is 12.6. The van der Waals surface area contributed by atoms with Gasteiger partial charge in [-0.2, -0.15) is 0 Å². The summed E-state index contributed by atoms with van der Waals surface area (Å²) >= 11 is 1.75. The average molecular weight is 329 g/mol. The van der Waals surface area contributed by atoms with Crippen LogP contribution in [0.4, 0.5) is 0 Å². The lowest BCUT2D eigenvalue weighted by atomic mass is 10.3. The predicted molar refractivity (Wildman–Crippen MR) is 88.1 cm³/mol. The highest BCUT2D eigenvalue weighted by atomic mass is 32.1. The summed E-state index contributed by atoms with van der Waals surface area (Å²) in [6.07, 6.45) is 0.472. The standard InChI is InChI=1S/C16H27NO4S/c1-4-5-16(19)21-12-14(18)10-17(8-9-20-3)11-15-7-6-13(2)22-15/h6-7,14,18H,4-5,8-12H2,1-3H3. The Kier molecular flexibility index (Phi) is 9.31. The highest BCUT2D eigenvalue weighted by molar-refractivity contribution is 7.11. The van der Waals surface area contributed by atoms with Crippen molar-refractivity contribution in [2.75, 3.05) is 33.4 Å². The van der Waals surface area contributed by atoms with Gasteiger partial charge in [-0.1, -0.05) is 6.92 Å². The highest BCUT2D eigenvalue weighted by Gasteiger charge is 2.15. The van der Waals surface area contributed by atoms with Crippen molar-refractivity contribution in [2.45, 2.75) is 39.3 Å². The minimum atomic E-state index is -0.682. The van der Waals surface area contributed by atoms with E-state index in [-0.39, 0.29) is 12.6 Å². The molecule has 0 radical (unpaired) electrons. The maximum Gasteiger partial charge on any atom is 0.305 e. The number of carbonyl (C=O) groups excluding carboxylic acids is 1. The minimum absolute atomic E-state index is 0.0474. The maximum atomic E-state index is 11.3. The van der Waals surface area contributed by atoms with Crippen molar-refractivity contribution in [3.63, 3.8) is 0 Å². The summed E-state index contributed by atoms with van der Waals surface area (Å²) in [5.74, 6) is -0.251. The smallest absolute Gasteiger partial charge is 0.305 e. The van der Waals surface area contributed by atoms with E-state index in [1.807, 2.05) is 6.92 Å². The van der Waals surface area contributed by atoms with Crippen LogP contribution in [-0.4, -0.2) is 55.5 Å². The lowest BCUT2D eigenvalue weighted by Crippen LogP contribution is -2.36. The summed E-state index contributed by atoms with van der Waals surface area (Å²) in [4.78, 5) is 16.0. The molecule has 1 aromatic rings. The molecule has 5 nitrogen and oxygen atoms in total. The number of esters is 1. The minimum Gasteiger partial charge on any atom is -0.463 e. The fourth-order valence-electron chi connectivity index (χ4n) is 2.06. The topological polar surface area (TPSA) is 59.0 Å². The van der Waals surface area contributed by atoms with Gasteiger partial charge in [0, 0.05) is 42.9 Å². The molecule has 0 amide bonds. The Bertz CT molecular complexity index is 436. The van der Waals surface area contributed by atoms with Gasteiger partial charge in [0.05, 0.1) is 6.61 Å². The van der Waals surface area contributed by atoms with Crippen LogP contribution in [0.15, 0.2) is 12.1 Å². The van der Waals surface area contributed by atoms with Gasteiger partial charge in [0.2, 0.25) is 0 Å². The van der Waals surface area contributed by atoms with Crippen molar-refractivity contribution < 1.29 is 19.4 Å². The lowest BCUT2D eigenvalue weighted by molar-refractivity contribution is -0.147. The zero-order chi connectivity index (χ0) is 16.4. The number of aliphatic hydroxyl groups excluding tert-OH is 1. The fourth-order valence-corrected chi connectivity index (χ4v) is 2.99. The van der Waals surface area contributed by atoms with Gasteiger partial charge in [-0.3, -0.25) is 9.69 Å². The van der Waals surface area contributed by atoms with Gasteiger partial charge >= 0.3 is 5.97 Å². The van der Waals surface area contributed by atoms with Crippen molar-refractivity contribution in [3.8, 4) is 0 Å². The molecule has 0 aromatic carbocycles. The van der Waals surface area contributed by atoms with Crippen LogP contribution in [0.25, 0.3) is 0 Å². The molecule has 1 heterocycles. The van der Waals surface area contributed by atoms with Crippen molar-refractivity contribution in [2.24, 2.45) is 0 Å². The molecular formula is C16H27NO4S. The van der Waals surface area contributed by atoms with E-state index in [1.165, 1.54) is 9.75 Å². The van der Waals surface area contributed by atoms with E-state index in [2.05, 4.69) is 24.0 Å². The van der Waals surface area contributed by atoms with Crippen molar-refractivity contribution >= 4 is 17.3 Å².